The van der Waals surface area contributed by atoms with Gasteiger partial charge in [-0.05, 0) is 25.5 Å². The minimum Gasteiger partial charge on any atom is -0.294 e. The smallest absolute Gasteiger partial charge is 0.179 e. The van der Waals surface area contributed by atoms with Crippen molar-refractivity contribution in [2.75, 3.05) is 5.88 Å². The third kappa shape index (κ3) is 11.9. The van der Waals surface area contributed by atoms with E-state index in [1.54, 1.807) is 20.8 Å². The van der Waals surface area contributed by atoms with Crippen LogP contribution in [0.4, 0.5) is 0 Å². The summed E-state index contributed by atoms with van der Waals surface area (Å²) in [6, 6.07) is 3.02. The molecule has 0 fully saturated rings. The van der Waals surface area contributed by atoms with Crippen LogP contribution in [0.25, 0.3) is 0 Å². The molecule has 0 saturated heterocycles. The van der Waals surface area contributed by atoms with E-state index in [1.165, 1.54) is 96.1 Å². The van der Waals surface area contributed by atoms with Gasteiger partial charge in [-0.15, -0.1) is 11.6 Å². The van der Waals surface area contributed by atoms with Crippen molar-refractivity contribution in [1.29, 1.82) is 0 Å². The summed E-state index contributed by atoms with van der Waals surface area (Å²) in [4.78, 5) is 51.5. The molecule has 0 unspecified atom stereocenters. The van der Waals surface area contributed by atoms with Crippen molar-refractivity contribution < 1.29 is 19.2 Å². The Bertz CT molecular complexity index is 910. The second-order valence-electron chi connectivity index (χ2n) is 11.7. The molecule has 4 nitrogen and oxygen atoms in total. The van der Waals surface area contributed by atoms with E-state index in [0.717, 1.165) is 19.3 Å². The van der Waals surface area contributed by atoms with Gasteiger partial charge in [0.15, 0.2) is 23.1 Å². The Kier molecular flexibility index (Phi) is 16.6. The van der Waals surface area contributed by atoms with E-state index >= 15 is 0 Å². The Morgan fingerprint density at radius 1 is 0.632 bits per heavy atom. The van der Waals surface area contributed by atoms with E-state index in [-0.39, 0.29) is 45.5 Å². The lowest BCUT2D eigenvalue weighted by Gasteiger charge is -2.22. The summed E-state index contributed by atoms with van der Waals surface area (Å²) in [5.41, 5.74) is -0.390. The molecule has 0 aliphatic carbocycles. The fraction of sp³-hybridized carbons (Fsp3) is 0.697. The normalized spacial score (nSPS) is 11.5. The maximum Gasteiger partial charge on any atom is 0.179 e. The number of ketones is 4. The highest BCUT2D eigenvalue weighted by molar-refractivity contribution is 6.33. The highest BCUT2D eigenvalue weighted by Gasteiger charge is 2.33. The van der Waals surface area contributed by atoms with Crippen LogP contribution in [0, 0.1) is 5.41 Å². The fourth-order valence-electron chi connectivity index (χ4n) is 4.89. The topological polar surface area (TPSA) is 68.3 Å². The van der Waals surface area contributed by atoms with Crippen molar-refractivity contribution >= 4 is 34.7 Å². The van der Waals surface area contributed by atoms with Gasteiger partial charge >= 0.3 is 0 Å². The first-order chi connectivity index (χ1) is 18.1. The number of halogens is 1. The van der Waals surface area contributed by atoms with Crippen LogP contribution in [0.3, 0.4) is 0 Å². The Labute approximate surface area is 236 Å². The summed E-state index contributed by atoms with van der Waals surface area (Å²) >= 11 is 5.87. The number of unbranched alkanes of at least 4 members (excludes halogenated alkanes) is 14. The van der Waals surface area contributed by atoms with E-state index < -0.39 is 11.2 Å². The molecule has 5 heteroatoms. The first-order valence-corrected chi connectivity index (χ1v) is 15.4. The molecular formula is C33H51ClO4. The third-order valence-electron chi connectivity index (χ3n) is 7.20. The lowest BCUT2D eigenvalue weighted by atomic mass is 9.79. The molecule has 1 aromatic rings. The molecule has 0 aliphatic rings. The molecule has 0 aromatic heterocycles. The Balaban J connectivity index is 2.56. The fourth-order valence-corrected chi connectivity index (χ4v) is 5.02. The zero-order valence-electron chi connectivity index (χ0n) is 24.7. The lowest BCUT2D eigenvalue weighted by molar-refractivity contribution is 0.0844. The zero-order chi connectivity index (χ0) is 28.6. The van der Waals surface area contributed by atoms with Crippen molar-refractivity contribution in [2.45, 2.75) is 137 Å². The van der Waals surface area contributed by atoms with E-state index in [0.29, 0.717) is 6.42 Å². The summed E-state index contributed by atoms with van der Waals surface area (Å²) in [6.45, 7) is 8.82. The van der Waals surface area contributed by atoms with Crippen LogP contribution >= 0.6 is 11.6 Å². The number of hydrogen-bond donors (Lipinski definition) is 0. The Hall–Kier alpha value is -1.81. The summed E-state index contributed by atoms with van der Waals surface area (Å²) in [7, 11) is 0. The molecule has 0 amide bonds. The van der Waals surface area contributed by atoms with Crippen LogP contribution in [0.15, 0.2) is 12.1 Å². The van der Waals surface area contributed by atoms with Gasteiger partial charge in [0.2, 0.25) is 0 Å². The van der Waals surface area contributed by atoms with Gasteiger partial charge in [0.05, 0.1) is 5.88 Å². The number of Topliss-reactive ketones (excluding diaryl/α,β-unsaturated/α-hetero) is 4. The standard InChI is InChI=1S/C33H51ClO4/c1-6-7-8-9-10-11-12-13-14-15-16-17-18-19-20-21-28(36)27-23-22-26(25(2)35)31(30(27)29(37)24-34)32(38)33(3,4)5/h22-23H,6-21,24H2,1-5H3. The van der Waals surface area contributed by atoms with Gasteiger partial charge in [-0.1, -0.05) is 118 Å². The van der Waals surface area contributed by atoms with Gasteiger partial charge < -0.3 is 0 Å². The molecule has 0 heterocycles. The minimum atomic E-state index is -0.818. The molecule has 0 aliphatic heterocycles. The molecule has 1 aromatic carbocycles. The highest BCUT2D eigenvalue weighted by atomic mass is 35.5. The first kappa shape index (κ1) is 34.2. The van der Waals surface area contributed by atoms with Gasteiger partial charge in [0.1, 0.15) is 0 Å². The summed E-state index contributed by atoms with van der Waals surface area (Å²) in [5, 5.41) is 0. The molecule has 0 N–H and O–H groups in total. The SMILES string of the molecule is CCCCCCCCCCCCCCCCCC(=O)c1ccc(C(C)=O)c(C(=O)C(C)(C)C)c1C(=O)CCl. The number of hydrogen-bond acceptors (Lipinski definition) is 4. The van der Waals surface area contributed by atoms with Crippen molar-refractivity contribution in [3.63, 3.8) is 0 Å². The molecule has 0 atom stereocenters. The van der Waals surface area contributed by atoms with Gasteiger partial charge in [0.25, 0.3) is 0 Å². The number of rotatable bonds is 21. The highest BCUT2D eigenvalue weighted by Crippen LogP contribution is 2.30. The first-order valence-electron chi connectivity index (χ1n) is 14.9. The summed E-state index contributed by atoms with van der Waals surface area (Å²) in [5.74, 6) is -1.68. The van der Waals surface area contributed by atoms with E-state index in [9.17, 15) is 19.2 Å². The molecule has 0 radical (unpaired) electrons. The van der Waals surface area contributed by atoms with Crippen LogP contribution < -0.4 is 0 Å². The lowest BCUT2D eigenvalue weighted by Crippen LogP contribution is -2.27. The maximum atomic E-state index is 13.3. The van der Waals surface area contributed by atoms with Crippen LogP contribution in [0.2, 0.25) is 0 Å². The second kappa shape index (κ2) is 18.5. The predicted octanol–water partition coefficient (Wildman–Crippen LogP) is 9.98. The van der Waals surface area contributed by atoms with E-state index in [1.807, 2.05) is 0 Å². The number of carbonyl (C=O) groups excluding carboxylic acids is 4. The molecule has 1 rings (SSSR count). The van der Waals surface area contributed by atoms with Crippen molar-refractivity contribution in [3.05, 3.63) is 34.4 Å². The van der Waals surface area contributed by atoms with Crippen LogP contribution in [0.1, 0.15) is 179 Å². The minimum absolute atomic E-state index is 0.0126. The molecule has 0 saturated carbocycles. The monoisotopic (exact) mass is 546 g/mol. The van der Waals surface area contributed by atoms with E-state index in [4.69, 9.17) is 11.6 Å². The quantitative estimate of drug-likeness (QED) is 0.0873. The molecule has 214 valence electrons. The largest absolute Gasteiger partial charge is 0.294 e. The van der Waals surface area contributed by atoms with Gasteiger partial charge in [-0.2, -0.15) is 0 Å². The zero-order valence-corrected chi connectivity index (χ0v) is 25.4. The number of alkyl halides is 1. The molecule has 0 bridgehead atoms. The van der Waals surface area contributed by atoms with Gasteiger partial charge in [0, 0.05) is 34.1 Å². The van der Waals surface area contributed by atoms with Crippen LogP contribution in [-0.4, -0.2) is 29.0 Å². The van der Waals surface area contributed by atoms with Crippen molar-refractivity contribution in [2.24, 2.45) is 5.41 Å². The van der Waals surface area contributed by atoms with Crippen molar-refractivity contribution in [3.8, 4) is 0 Å². The summed E-state index contributed by atoms with van der Waals surface area (Å²) in [6.07, 6.45) is 19.0. The number of carbonyl (C=O) groups is 4. The predicted molar refractivity (Wildman–Crippen MR) is 159 cm³/mol. The van der Waals surface area contributed by atoms with Crippen LogP contribution in [0.5, 0.6) is 0 Å². The van der Waals surface area contributed by atoms with E-state index in [2.05, 4.69) is 6.92 Å². The average molecular weight is 547 g/mol. The van der Waals surface area contributed by atoms with Gasteiger partial charge in [-0.3, -0.25) is 19.2 Å². The Morgan fingerprint density at radius 2 is 1.05 bits per heavy atom. The number of benzene rings is 1. The average Bonchev–Trinajstić information content (AvgIpc) is 2.88. The van der Waals surface area contributed by atoms with Gasteiger partial charge in [-0.25, -0.2) is 0 Å². The maximum absolute atomic E-state index is 13.3. The summed E-state index contributed by atoms with van der Waals surface area (Å²) < 4.78 is 0. The second-order valence-corrected chi connectivity index (χ2v) is 12.0. The Morgan fingerprint density at radius 3 is 1.45 bits per heavy atom. The van der Waals surface area contributed by atoms with Crippen molar-refractivity contribution in [1.82, 2.24) is 0 Å². The third-order valence-corrected chi connectivity index (χ3v) is 7.44. The molecular weight excluding hydrogens is 496 g/mol. The molecule has 0 spiro atoms. The van der Waals surface area contributed by atoms with Crippen LogP contribution in [-0.2, 0) is 0 Å². The molecule has 38 heavy (non-hydrogen) atoms.